The molecule has 1 N–H and O–H groups in total. The van der Waals surface area contributed by atoms with Crippen molar-refractivity contribution in [1.82, 2.24) is 18.7 Å². The van der Waals surface area contributed by atoms with Gasteiger partial charge in [-0.25, -0.2) is 0 Å². The Labute approximate surface area is 666 Å². The topological polar surface area (TPSA) is 37.1 Å². The Morgan fingerprint density at radius 3 is 1.08 bits per heavy atom. The summed E-state index contributed by atoms with van der Waals surface area (Å²) in [6.45, 7) is 9.31. The zero-order valence-electron chi connectivity index (χ0n) is 63.2. The van der Waals surface area contributed by atoms with Crippen LogP contribution in [-0.2, 0) is 10.8 Å². The lowest BCUT2D eigenvalue weighted by Crippen LogP contribution is -2.30. The second-order valence-corrected chi connectivity index (χ2v) is 31.4. The van der Waals surface area contributed by atoms with Crippen molar-refractivity contribution in [2.24, 2.45) is 0 Å². The molecule has 6 nitrogen and oxygen atoms in total. The highest BCUT2D eigenvalue weighted by Gasteiger charge is 2.39. The number of H-pyrrole nitrogens is 1. The number of nitrogens with zero attached hydrogens (tertiary/aromatic N) is 5. The summed E-state index contributed by atoms with van der Waals surface area (Å²) in [7, 11) is 0. The van der Waals surface area contributed by atoms with Crippen molar-refractivity contribution in [2.45, 2.75) is 38.5 Å². The molecule has 4 aromatic heterocycles. The molecule has 16 aromatic carbocycles. The van der Waals surface area contributed by atoms with E-state index >= 15 is 0 Å². The van der Waals surface area contributed by atoms with Crippen molar-refractivity contribution in [3.8, 4) is 61.8 Å². The minimum atomic E-state index is -0.129. The maximum atomic E-state index is 3.75. The van der Waals surface area contributed by atoms with E-state index in [1.165, 1.54) is 155 Å². The molecular weight excluding hydrogens is 1440 g/mol. The summed E-state index contributed by atoms with van der Waals surface area (Å²) < 4.78 is 8.54. The third-order valence-corrected chi connectivity index (χ3v) is 23.8. The first-order valence-corrected chi connectivity index (χ1v) is 39.7. The molecule has 22 rings (SSSR count). The van der Waals surface area contributed by atoms with Gasteiger partial charge in [0.25, 0.3) is 0 Å². The van der Waals surface area contributed by atoms with Crippen LogP contribution < -0.4 is 9.80 Å². The molecule has 0 aliphatic carbocycles. The SMILES string of the molecule is CC1(C)c2ccccc2N(c2cccc(-n3c4ccccc4c4ccc5c(-c6ccccc6)c(-c6ccccc6)n(-c6ccccc6)c5c43)c2)c2ccccc21.CC1(C)c2ccccc2N(c2cccc(Br)c2)c2ccccc21.c1ccc(-c2c(-c3ccccc3)n(-c3ccccc3)c3c2ccc2c4ccccc4[nH]c23)cc1. The maximum Gasteiger partial charge on any atom is 0.0789 e. The summed E-state index contributed by atoms with van der Waals surface area (Å²) >= 11 is 3.60. The molecule has 0 saturated heterocycles. The van der Waals surface area contributed by atoms with Gasteiger partial charge < -0.3 is 28.5 Å². The van der Waals surface area contributed by atoms with E-state index in [4.69, 9.17) is 0 Å². The highest BCUT2D eigenvalue weighted by Crippen LogP contribution is 2.55. The van der Waals surface area contributed by atoms with Crippen LogP contribution in [0.1, 0.15) is 49.9 Å². The molecule has 0 bridgehead atoms. The van der Waals surface area contributed by atoms with Gasteiger partial charge in [0.05, 0.1) is 61.7 Å². The van der Waals surface area contributed by atoms with Gasteiger partial charge in [-0.3, -0.25) is 0 Å². The van der Waals surface area contributed by atoms with E-state index in [9.17, 15) is 0 Å². The van der Waals surface area contributed by atoms with E-state index in [0.29, 0.717) is 0 Å². The minimum Gasteiger partial charge on any atom is -0.353 e. The van der Waals surface area contributed by atoms with Crippen molar-refractivity contribution >= 4 is 115 Å². The fourth-order valence-electron chi connectivity index (χ4n) is 18.3. The Morgan fingerprint density at radius 1 is 0.248 bits per heavy atom. The highest BCUT2D eigenvalue weighted by atomic mass is 79.9. The van der Waals surface area contributed by atoms with Crippen LogP contribution in [0.2, 0.25) is 0 Å². The molecule has 113 heavy (non-hydrogen) atoms. The number of rotatable bonds is 9. The van der Waals surface area contributed by atoms with Gasteiger partial charge in [-0.05, 0) is 142 Å². The zero-order chi connectivity index (χ0) is 75.9. The number of anilines is 6. The summed E-state index contributed by atoms with van der Waals surface area (Å²) in [4.78, 5) is 8.57. The van der Waals surface area contributed by atoms with E-state index in [2.05, 4.69) is 472 Å². The molecule has 0 atom stereocenters. The monoisotopic (exact) mass is 1510 g/mol. The molecule has 2 aliphatic heterocycles. The molecule has 0 saturated carbocycles. The molecule has 0 unspecified atom stereocenters. The quantitative estimate of drug-likeness (QED) is 0.156. The number of aromatic nitrogens is 4. The van der Waals surface area contributed by atoms with Crippen molar-refractivity contribution in [3.63, 3.8) is 0 Å². The van der Waals surface area contributed by atoms with Crippen LogP contribution in [0.5, 0.6) is 0 Å². The first-order chi connectivity index (χ1) is 55.6. The molecule has 20 aromatic rings. The van der Waals surface area contributed by atoms with Gasteiger partial charge in [-0.1, -0.05) is 347 Å². The molecule has 0 amide bonds. The first-order valence-electron chi connectivity index (χ1n) is 38.9. The van der Waals surface area contributed by atoms with Crippen LogP contribution in [-0.4, -0.2) is 18.7 Å². The third-order valence-electron chi connectivity index (χ3n) is 23.3. The number of aromatic amines is 1. The normalized spacial score (nSPS) is 13.1. The maximum absolute atomic E-state index is 3.75. The smallest absolute Gasteiger partial charge is 0.0789 e. The van der Waals surface area contributed by atoms with Gasteiger partial charge in [-0.15, -0.1) is 0 Å². The molecule has 7 heteroatoms. The van der Waals surface area contributed by atoms with Crippen molar-refractivity contribution in [1.29, 1.82) is 0 Å². The Balaban J connectivity index is 0.000000123. The molecule has 0 radical (unpaired) electrons. The summed E-state index contributed by atoms with van der Waals surface area (Å²) in [6, 6.07) is 144. The average molecular weight is 1520 g/mol. The number of benzene rings is 16. The summed E-state index contributed by atoms with van der Waals surface area (Å²) in [5, 5.41) is 7.41. The number of halogens is 1. The van der Waals surface area contributed by atoms with Gasteiger partial charge in [-0.2, -0.15) is 0 Å². The Kier molecular flexibility index (Phi) is 17.0. The number of para-hydroxylation sites is 8. The van der Waals surface area contributed by atoms with E-state index in [0.717, 1.165) is 32.7 Å². The molecule has 0 spiro atoms. The van der Waals surface area contributed by atoms with Crippen LogP contribution in [0.4, 0.5) is 34.1 Å². The third kappa shape index (κ3) is 11.4. The van der Waals surface area contributed by atoms with Crippen LogP contribution in [0.15, 0.2) is 405 Å². The second-order valence-electron chi connectivity index (χ2n) is 30.5. The molecule has 2 aliphatic rings. The Hall–Kier alpha value is -13.7. The fourth-order valence-corrected chi connectivity index (χ4v) is 18.6. The fraction of sp³-hybridized carbons (Fsp3) is 0.0566. The first kappa shape index (κ1) is 68.5. The van der Waals surface area contributed by atoms with Gasteiger partial charge in [0.15, 0.2) is 0 Å². The van der Waals surface area contributed by atoms with Gasteiger partial charge in [0.1, 0.15) is 0 Å². The summed E-state index contributed by atoms with van der Waals surface area (Å²) in [5.41, 5.74) is 32.6. The van der Waals surface area contributed by atoms with E-state index in [1.807, 2.05) is 0 Å². The van der Waals surface area contributed by atoms with Crippen LogP contribution >= 0.6 is 15.9 Å². The average Bonchev–Trinajstić information content (AvgIpc) is 1.68. The standard InChI is InChI=1S/C53H39N3.C32H22N2.C21H18BrN/c1-53(2)44-28-13-16-31-47(44)54(48-32-17-14-29-45(48)53)39-25-18-26-40(35-39)55-46-30-15-12-27-41(46)42-33-34-43-49(36-19-6-3-7-20-36)50(37-21-8-4-9-22-37)56(52(43)51(42)55)38-23-10-5-11-24-38;1-4-12-22(13-5-1)29-27-21-20-26-25-18-10-11-19-28(25)33-30(26)32(27)34(24-16-8-3-9-17-24)31(29)23-14-6-2-7-15-23;1-21(2)17-10-3-5-12-19(17)23(16-9-7-8-15(22)14-16)20-13-6-4-11-18(20)21/h3-35H,1-2H3;1-21,33H;3-14H,1-2H3. The lowest BCUT2D eigenvalue weighted by Gasteiger charge is -2.42. The van der Waals surface area contributed by atoms with Crippen LogP contribution in [0.3, 0.4) is 0 Å². The lowest BCUT2D eigenvalue weighted by molar-refractivity contribution is 0.631. The van der Waals surface area contributed by atoms with Crippen LogP contribution in [0, 0.1) is 0 Å². The van der Waals surface area contributed by atoms with Crippen molar-refractivity contribution in [2.75, 3.05) is 9.80 Å². The zero-order valence-corrected chi connectivity index (χ0v) is 64.8. The van der Waals surface area contributed by atoms with Crippen molar-refractivity contribution < 1.29 is 0 Å². The van der Waals surface area contributed by atoms with Crippen LogP contribution in [0.25, 0.3) is 127 Å². The Morgan fingerprint density at radius 2 is 0.593 bits per heavy atom. The van der Waals surface area contributed by atoms with E-state index in [-0.39, 0.29) is 10.8 Å². The lowest BCUT2D eigenvalue weighted by atomic mass is 9.73. The molecule has 0 fully saturated rings. The predicted molar refractivity (Wildman–Crippen MR) is 480 cm³/mol. The van der Waals surface area contributed by atoms with E-state index < -0.39 is 0 Å². The van der Waals surface area contributed by atoms with Gasteiger partial charge in [0.2, 0.25) is 0 Å². The number of hydrogen-bond acceptors (Lipinski definition) is 2. The highest BCUT2D eigenvalue weighted by molar-refractivity contribution is 9.10. The minimum absolute atomic E-state index is 0.00427. The largest absolute Gasteiger partial charge is 0.353 e. The molecule has 6 heterocycles. The summed E-state index contributed by atoms with van der Waals surface area (Å²) in [5.74, 6) is 0. The number of nitrogens with one attached hydrogen (secondary N) is 1. The second kappa shape index (κ2) is 28.0. The van der Waals surface area contributed by atoms with E-state index in [1.54, 1.807) is 0 Å². The summed E-state index contributed by atoms with van der Waals surface area (Å²) in [6.07, 6.45) is 0. The van der Waals surface area contributed by atoms with Crippen molar-refractivity contribution in [3.05, 3.63) is 427 Å². The predicted octanol–water partition coefficient (Wildman–Crippen LogP) is 29.3. The number of hydrogen-bond donors (Lipinski definition) is 1. The Bertz CT molecular complexity index is 6890. The van der Waals surface area contributed by atoms with Gasteiger partial charge >= 0.3 is 0 Å². The molecule has 540 valence electrons. The van der Waals surface area contributed by atoms with Gasteiger partial charge in [0, 0.05) is 92.7 Å². The number of fused-ring (bicyclic) bond motifs is 14. The molecular formula is C106H79BrN6.